The van der Waals surface area contributed by atoms with Crippen molar-refractivity contribution in [3.63, 3.8) is 0 Å². The van der Waals surface area contributed by atoms with E-state index in [1.54, 1.807) is 0 Å². The predicted octanol–water partition coefficient (Wildman–Crippen LogP) is 3.58. The molecule has 0 aliphatic heterocycles. The first-order valence-corrected chi connectivity index (χ1v) is 5.28. The molecule has 0 aliphatic carbocycles. The summed E-state index contributed by atoms with van der Waals surface area (Å²) in [7, 11) is 0. The van der Waals surface area contributed by atoms with Crippen molar-refractivity contribution in [3.05, 3.63) is 33.8 Å². The van der Waals surface area contributed by atoms with Gasteiger partial charge >= 0.3 is 0 Å². The average Bonchev–Trinajstić information content (AvgIpc) is 2.15. The number of rotatable bonds is 3. The van der Waals surface area contributed by atoms with Gasteiger partial charge in [-0.05, 0) is 30.0 Å². The Bertz CT molecular complexity index is 320. The van der Waals surface area contributed by atoms with Gasteiger partial charge in [0.15, 0.2) is 0 Å². The van der Waals surface area contributed by atoms with Crippen LogP contribution < -0.4 is 0 Å². The molecule has 0 spiro atoms. The van der Waals surface area contributed by atoms with E-state index < -0.39 is 0 Å². The number of halogens is 1. The molecule has 0 nitrogen and oxygen atoms in total. The molecule has 0 heterocycles. The van der Waals surface area contributed by atoms with Crippen LogP contribution in [0.5, 0.6) is 0 Å². The van der Waals surface area contributed by atoms with Gasteiger partial charge < -0.3 is 0 Å². The third-order valence-corrected chi connectivity index (χ3v) is 2.79. The van der Waals surface area contributed by atoms with Gasteiger partial charge in [0.1, 0.15) is 0 Å². The van der Waals surface area contributed by atoms with E-state index >= 15 is 0 Å². The molecule has 0 aromatic heterocycles. The highest BCUT2D eigenvalue weighted by Crippen LogP contribution is 2.19. The molecule has 0 aliphatic rings. The van der Waals surface area contributed by atoms with Crippen LogP contribution in [0, 0.1) is 12.3 Å². The number of aryl methyl sites for hydroxylation is 2. The molecule has 1 heteroatoms. The first kappa shape index (κ1) is 10.3. The summed E-state index contributed by atoms with van der Waals surface area (Å²) in [6.45, 7) is 2.15. The fourth-order valence-corrected chi connectivity index (χ4v) is 1.96. The van der Waals surface area contributed by atoms with Crippen LogP contribution in [-0.2, 0) is 12.8 Å². The van der Waals surface area contributed by atoms with Crippen molar-refractivity contribution in [1.82, 2.24) is 0 Å². The number of hydrogen-bond acceptors (Lipinski definition) is 0. The number of terminal acetylenes is 1. The van der Waals surface area contributed by atoms with Gasteiger partial charge in [-0.25, -0.2) is 0 Å². The summed E-state index contributed by atoms with van der Waals surface area (Å²) in [5, 5.41) is 0. The van der Waals surface area contributed by atoms with Crippen molar-refractivity contribution >= 4 is 15.9 Å². The Morgan fingerprint density at radius 2 is 2.23 bits per heavy atom. The van der Waals surface area contributed by atoms with Crippen molar-refractivity contribution in [1.29, 1.82) is 0 Å². The van der Waals surface area contributed by atoms with Gasteiger partial charge in [-0.2, -0.15) is 0 Å². The fraction of sp³-hybridized carbons (Fsp3) is 0.333. The Hall–Kier alpha value is -0.740. The minimum Gasteiger partial charge on any atom is -0.120 e. The Balaban J connectivity index is 2.78. The molecule has 0 bridgehead atoms. The van der Waals surface area contributed by atoms with E-state index in [1.807, 2.05) is 0 Å². The SMILES string of the molecule is C#CCCc1ccc(CC)c(Br)c1. The molecule has 1 rings (SSSR count). The summed E-state index contributed by atoms with van der Waals surface area (Å²) < 4.78 is 1.20. The maximum atomic E-state index is 5.21. The molecule has 1 aromatic rings. The largest absolute Gasteiger partial charge is 0.120 e. The third-order valence-electron chi connectivity index (χ3n) is 2.06. The summed E-state index contributed by atoms with van der Waals surface area (Å²) in [4.78, 5) is 0. The van der Waals surface area contributed by atoms with Gasteiger partial charge in [0.05, 0.1) is 0 Å². The van der Waals surface area contributed by atoms with Crippen molar-refractivity contribution in [2.75, 3.05) is 0 Å². The van der Waals surface area contributed by atoms with Crippen LogP contribution in [0.2, 0.25) is 0 Å². The highest BCUT2D eigenvalue weighted by Gasteiger charge is 1.98. The van der Waals surface area contributed by atoms with Gasteiger partial charge in [0.2, 0.25) is 0 Å². The van der Waals surface area contributed by atoms with E-state index in [-0.39, 0.29) is 0 Å². The molecule has 0 N–H and O–H groups in total. The molecule has 68 valence electrons. The average molecular weight is 237 g/mol. The summed E-state index contributed by atoms with van der Waals surface area (Å²) >= 11 is 3.55. The molecular formula is C12H13Br. The topological polar surface area (TPSA) is 0 Å². The number of hydrogen-bond donors (Lipinski definition) is 0. The lowest BCUT2D eigenvalue weighted by atomic mass is 10.1. The number of benzene rings is 1. The Kier molecular flexibility index (Phi) is 4.05. The monoisotopic (exact) mass is 236 g/mol. The standard InChI is InChI=1S/C12H13Br/c1-3-5-6-10-7-8-11(4-2)12(13)9-10/h1,7-9H,4-6H2,2H3. The summed E-state index contributed by atoms with van der Waals surface area (Å²) in [5.41, 5.74) is 2.66. The van der Waals surface area contributed by atoms with Crippen LogP contribution >= 0.6 is 15.9 Å². The zero-order valence-electron chi connectivity index (χ0n) is 7.81. The normalized spacial score (nSPS) is 9.62. The summed E-state index contributed by atoms with van der Waals surface area (Å²) in [6, 6.07) is 6.48. The first-order chi connectivity index (χ1) is 6.27. The van der Waals surface area contributed by atoms with Gasteiger partial charge in [-0.15, -0.1) is 12.3 Å². The second-order valence-corrected chi connectivity index (χ2v) is 3.84. The van der Waals surface area contributed by atoms with Crippen LogP contribution in [0.15, 0.2) is 22.7 Å². The lowest BCUT2D eigenvalue weighted by Crippen LogP contribution is -1.87. The van der Waals surface area contributed by atoms with Gasteiger partial charge in [0.25, 0.3) is 0 Å². The third kappa shape index (κ3) is 2.90. The summed E-state index contributed by atoms with van der Waals surface area (Å²) in [5.74, 6) is 2.65. The smallest absolute Gasteiger partial charge is 0.0209 e. The zero-order valence-corrected chi connectivity index (χ0v) is 9.39. The molecule has 0 amide bonds. The molecule has 0 radical (unpaired) electrons. The molecule has 0 atom stereocenters. The van der Waals surface area contributed by atoms with E-state index in [0.717, 1.165) is 19.3 Å². The lowest BCUT2D eigenvalue weighted by molar-refractivity contribution is 1.02. The lowest BCUT2D eigenvalue weighted by Gasteiger charge is -2.03. The Labute approximate surface area is 88.5 Å². The van der Waals surface area contributed by atoms with E-state index in [4.69, 9.17) is 6.42 Å². The molecule has 0 saturated heterocycles. The molecule has 0 saturated carbocycles. The van der Waals surface area contributed by atoms with Crippen molar-refractivity contribution in [3.8, 4) is 12.3 Å². The van der Waals surface area contributed by atoms with Crippen LogP contribution in [0.25, 0.3) is 0 Å². The van der Waals surface area contributed by atoms with Crippen LogP contribution in [0.1, 0.15) is 24.5 Å². The van der Waals surface area contributed by atoms with Crippen molar-refractivity contribution in [2.24, 2.45) is 0 Å². The second kappa shape index (κ2) is 5.09. The highest BCUT2D eigenvalue weighted by molar-refractivity contribution is 9.10. The van der Waals surface area contributed by atoms with Crippen LogP contribution in [-0.4, -0.2) is 0 Å². The van der Waals surface area contributed by atoms with E-state index in [9.17, 15) is 0 Å². The van der Waals surface area contributed by atoms with Gasteiger partial charge in [-0.3, -0.25) is 0 Å². The highest BCUT2D eigenvalue weighted by atomic mass is 79.9. The van der Waals surface area contributed by atoms with Crippen molar-refractivity contribution in [2.45, 2.75) is 26.2 Å². The van der Waals surface area contributed by atoms with Crippen LogP contribution in [0.4, 0.5) is 0 Å². The minimum atomic E-state index is 0.817. The predicted molar refractivity (Wildman–Crippen MR) is 60.7 cm³/mol. The van der Waals surface area contributed by atoms with E-state index in [1.165, 1.54) is 15.6 Å². The fourth-order valence-electron chi connectivity index (χ4n) is 1.25. The molecule has 1 aromatic carbocycles. The Morgan fingerprint density at radius 3 is 2.77 bits per heavy atom. The van der Waals surface area contributed by atoms with E-state index in [2.05, 4.69) is 47.0 Å². The maximum Gasteiger partial charge on any atom is 0.0209 e. The van der Waals surface area contributed by atoms with Crippen molar-refractivity contribution < 1.29 is 0 Å². The second-order valence-electron chi connectivity index (χ2n) is 2.98. The van der Waals surface area contributed by atoms with Crippen LogP contribution in [0.3, 0.4) is 0 Å². The van der Waals surface area contributed by atoms with Gasteiger partial charge in [-0.1, -0.05) is 35.0 Å². The first-order valence-electron chi connectivity index (χ1n) is 4.48. The zero-order chi connectivity index (χ0) is 9.68. The quantitative estimate of drug-likeness (QED) is 0.705. The summed E-state index contributed by atoms with van der Waals surface area (Å²) in [6.07, 6.45) is 8.06. The Morgan fingerprint density at radius 1 is 1.46 bits per heavy atom. The minimum absolute atomic E-state index is 0.817. The molecule has 13 heavy (non-hydrogen) atoms. The van der Waals surface area contributed by atoms with Gasteiger partial charge in [0, 0.05) is 10.9 Å². The molecule has 0 unspecified atom stereocenters. The maximum absolute atomic E-state index is 5.21. The van der Waals surface area contributed by atoms with E-state index in [0.29, 0.717) is 0 Å². The molecule has 0 fully saturated rings. The molecular weight excluding hydrogens is 224 g/mol.